The maximum Gasteiger partial charge on any atom is 0.263 e. The van der Waals surface area contributed by atoms with Crippen molar-refractivity contribution in [3.05, 3.63) is 56.2 Å². The summed E-state index contributed by atoms with van der Waals surface area (Å²) in [5.74, 6) is 0.803. The van der Waals surface area contributed by atoms with Gasteiger partial charge in [-0.25, -0.2) is 4.98 Å². The monoisotopic (exact) mass is 386 g/mol. The summed E-state index contributed by atoms with van der Waals surface area (Å²) < 4.78 is 7.03. The van der Waals surface area contributed by atoms with Gasteiger partial charge in [0.05, 0.1) is 18.5 Å². The van der Waals surface area contributed by atoms with Crippen molar-refractivity contribution in [1.29, 1.82) is 0 Å². The summed E-state index contributed by atoms with van der Waals surface area (Å²) in [5.41, 5.74) is 3.83. The summed E-state index contributed by atoms with van der Waals surface area (Å²) in [7, 11) is 1.67. The third-order valence-electron chi connectivity index (χ3n) is 4.76. The molecule has 0 saturated carbocycles. The third kappa shape index (κ3) is 3.33. The zero-order valence-electron chi connectivity index (χ0n) is 15.1. The van der Waals surface area contributed by atoms with Gasteiger partial charge < -0.3 is 4.74 Å². The Morgan fingerprint density at radius 2 is 2.23 bits per heavy atom. The van der Waals surface area contributed by atoms with Crippen LogP contribution in [0.2, 0.25) is 0 Å². The molecule has 26 heavy (non-hydrogen) atoms. The number of thiophene rings is 1. The fourth-order valence-electron chi connectivity index (χ4n) is 3.50. The quantitative estimate of drug-likeness (QED) is 0.471. The van der Waals surface area contributed by atoms with Crippen molar-refractivity contribution in [2.75, 3.05) is 13.7 Å². The second kappa shape index (κ2) is 7.55. The van der Waals surface area contributed by atoms with Crippen LogP contribution in [0.3, 0.4) is 0 Å². The highest BCUT2D eigenvalue weighted by atomic mass is 32.2. The highest BCUT2D eigenvalue weighted by Gasteiger charge is 2.23. The number of rotatable bonds is 6. The van der Waals surface area contributed by atoms with Gasteiger partial charge in [-0.15, -0.1) is 11.3 Å². The molecule has 2 aromatic heterocycles. The van der Waals surface area contributed by atoms with Crippen LogP contribution in [0.4, 0.5) is 0 Å². The molecular weight excluding hydrogens is 364 g/mol. The van der Waals surface area contributed by atoms with Crippen molar-refractivity contribution in [2.24, 2.45) is 0 Å². The van der Waals surface area contributed by atoms with Crippen molar-refractivity contribution in [3.63, 3.8) is 0 Å². The number of methoxy groups -OCH3 is 1. The standard InChI is InChI=1S/C20H22N2O2S2/c1-13-5-3-6-14(11-13)12-25-20-21-18-17(15-7-4-8-16(15)26-18)19(23)22(20)9-10-24-2/h3,5-6,11H,4,7-10,12H2,1-2H3. The van der Waals surface area contributed by atoms with Gasteiger partial charge in [0.25, 0.3) is 5.56 Å². The molecule has 0 amide bonds. The van der Waals surface area contributed by atoms with E-state index in [9.17, 15) is 4.79 Å². The van der Waals surface area contributed by atoms with Crippen LogP contribution in [0.15, 0.2) is 34.2 Å². The molecular formula is C20H22N2O2S2. The van der Waals surface area contributed by atoms with Crippen LogP contribution in [-0.4, -0.2) is 23.3 Å². The van der Waals surface area contributed by atoms with E-state index in [-0.39, 0.29) is 5.56 Å². The lowest BCUT2D eigenvalue weighted by Gasteiger charge is -2.12. The second-order valence-corrected chi connectivity index (χ2v) is 8.69. The van der Waals surface area contributed by atoms with Gasteiger partial charge in [0.2, 0.25) is 0 Å². The Morgan fingerprint density at radius 1 is 1.35 bits per heavy atom. The summed E-state index contributed by atoms with van der Waals surface area (Å²) in [5, 5.41) is 1.64. The van der Waals surface area contributed by atoms with Crippen LogP contribution in [0.1, 0.15) is 28.0 Å². The minimum atomic E-state index is 0.0955. The van der Waals surface area contributed by atoms with Crippen molar-refractivity contribution in [2.45, 2.75) is 43.6 Å². The number of aryl methyl sites for hydroxylation is 3. The van der Waals surface area contributed by atoms with Gasteiger partial charge >= 0.3 is 0 Å². The average molecular weight is 387 g/mol. The Bertz CT molecular complexity index is 1010. The molecule has 0 saturated heterocycles. The molecule has 6 heteroatoms. The molecule has 0 bridgehead atoms. The van der Waals surface area contributed by atoms with Gasteiger partial charge in [0, 0.05) is 17.7 Å². The van der Waals surface area contributed by atoms with Crippen LogP contribution in [-0.2, 0) is 29.9 Å². The molecule has 0 unspecified atom stereocenters. The molecule has 0 atom stereocenters. The van der Waals surface area contributed by atoms with Crippen LogP contribution < -0.4 is 5.56 Å². The SMILES string of the molecule is COCCn1c(SCc2cccc(C)c2)nc2sc3c(c2c1=O)CCC3. The Hall–Kier alpha value is -1.63. The Labute approximate surface area is 161 Å². The smallest absolute Gasteiger partial charge is 0.263 e. The van der Waals surface area contributed by atoms with E-state index in [1.54, 1.807) is 34.8 Å². The van der Waals surface area contributed by atoms with Crippen molar-refractivity contribution in [1.82, 2.24) is 9.55 Å². The van der Waals surface area contributed by atoms with Crippen molar-refractivity contribution < 1.29 is 4.74 Å². The average Bonchev–Trinajstić information content (AvgIpc) is 3.20. The van der Waals surface area contributed by atoms with Crippen LogP contribution in [0, 0.1) is 6.92 Å². The lowest BCUT2D eigenvalue weighted by atomic mass is 10.2. The molecule has 1 aliphatic carbocycles. The predicted octanol–water partition coefficient (Wildman–Crippen LogP) is 4.19. The lowest BCUT2D eigenvalue weighted by Crippen LogP contribution is -2.25. The van der Waals surface area contributed by atoms with Gasteiger partial charge in [-0.05, 0) is 37.3 Å². The maximum atomic E-state index is 13.2. The predicted molar refractivity (Wildman–Crippen MR) is 109 cm³/mol. The summed E-state index contributed by atoms with van der Waals surface area (Å²) in [6, 6.07) is 8.47. The molecule has 0 N–H and O–H groups in total. The largest absolute Gasteiger partial charge is 0.383 e. The Morgan fingerprint density at radius 3 is 3.04 bits per heavy atom. The first-order valence-electron chi connectivity index (χ1n) is 8.89. The zero-order valence-corrected chi connectivity index (χ0v) is 16.7. The normalized spacial score (nSPS) is 13.5. The molecule has 3 aromatic rings. The zero-order chi connectivity index (χ0) is 18.1. The first-order chi connectivity index (χ1) is 12.7. The fraction of sp³-hybridized carbons (Fsp3) is 0.400. The molecule has 136 valence electrons. The molecule has 2 heterocycles. The van der Waals surface area contributed by atoms with Gasteiger partial charge in [-0.2, -0.15) is 0 Å². The summed E-state index contributed by atoms with van der Waals surface area (Å²) in [6.07, 6.45) is 3.24. The van der Waals surface area contributed by atoms with E-state index in [0.29, 0.717) is 13.2 Å². The summed E-state index contributed by atoms with van der Waals surface area (Å²) in [6.45, 7) is 3.15. The third-order valence-corrected chi connectivity index (χ3v) is 6.99. The van der Waals surface area contributed by atoms with Crippen LogP contribution >= 0.6 is 23.1 Å². The summed E-state index contributed by atoms with van der Waals surface area (Å²) in [4.78, 5) is 20.3. The molecule has 0 aliphatic heterocycles. The molecule has 4 nitrogen and oxygen atoms in total. The number of nitrogens with zero attached hydrogens (tertiary/aromatic N) is 2. The second-order valence-electron chi connectivity index (χ2n) is 6.66. The maximum absolute atomic E-state index is 13.2. The van der Waals surface area contributed by atoms with Gasteiger partial charge in [0.1, 0.15) is 4.83 Å². The Balaban J connectivity index is 1.73. The Kier molecular flexibility index (Phi) is 5.16. The summed E-state index contributed by atoms with van der Waals surface area (Å²) >= 11 is 3.33. The van der Waals surface area contributed by atoms with Crippen molar-refractivity contribution >= 4 is 33.3 Å². The lowest BCUT2D eigenvalue weighted by molar-refractivity contribution is 0.183. The number of fused-ring (bicyclic) bond motifs is 3. The number of aromatic nitrogens is 2. The van der Waals surface area contributed by atoms with E-state index in [0.717, 1.165) is 40.4 Å². The molecule has 1 aromatic carbocycles. The molecule has 0 spiro atoms. The minimum absolute atomic E-state index is 0.0955. The molecule has 0 radical (unpaired) electrons. The van der Waals surface area contributed by atoms with E-state index < -0.39 is 0 Å². The topological polar surface area (TPSA) is 44.1 Å². The van der Waals surface area contributed by atoms with Gasteiger partial charge in [-0.3, -0.25) is 9.36 Å². The van der Waals surface area contributed by atoms with E-state index in [4.69, 9.17) is 9.72 Å². The highest BCUT2D eigenvalue weighted by Crippen LogP contribution is 2.35. The first-order valence-corrected chi connectivity index (χ1v) is 10.7. The number of thioether (sulfide) groups is 1. The van der Waals surface area contributed by atoms with E-state index in [1.807, 2.05) is 0 Å². The van der Waals surface area contributed by atoms with E-state index >= 15 is 0 Å². The van der Waals surface area contributed by atoms with Crippen LogP contribution in [0.25, 0.3) is 10.2 Å². The highest BCUT2D eigenvalue weighted by molar-refractivity contribution is 7.98. The van der Waals surface area contributed by atoms with Gasteiger partial charge in [0.15, 0.2) is 5.16 Å². The van der Waals surface area contributed by atoms with Gasteiger partial charge in [-0.1, -0.05) is 41.6 Å². The van der Waals surface area contributed by atoms with E-state index in [2.05, 4.69) is 31.2 Å². The molecule has 4 rings (SSSR count). The number of ether oxygens (including phenoxy) is 1. The molecule has 1 aliphatic rings. The first kappa shape index (κ1) is 17.8. The van der Waals surface area contributed by atoms with E-state index in [1.165, 1.54) is 21.6 Å². The minimum Gasteiger partial charge on any atom is -0.383 e. The van der Waals surface area contributed by atoms with Crippen LogP contribution in [0.5, 0.6) is 0 Å². The number of benzene rings is 1. The fourth-order valence-corrected chi connectivity index (χ4v) is 5.77. The molecule has 0 fully saturated rings. The van der Waals surface area contributed by atoms with Crippen molar-refractivity contribution in [3.8, 4) is 0 Å². The number of hydrogen-bond donors (Lipinski definition) is 0. The number of hydrogen-bond acceptors (Lipinski definition) is 5.